The highest BCUT2D eigenvalue weighted by atomic mass is 16.3. The van der Waals surface area contributed by atoms with E-state index in [9.17, 15) is 9.90 Å². The van der Waals surface area contributed by atoms with Crippen LogP contribution in [0, 0.1) is 0 Å². The van der Waals surface area contributed by atoms with Gasteiger partial charge in [0.15, 0.2) is 0 Å². The lowest BCUT2D eigenvalue weighted by atomic mass is 10.1. The fraction of sp³-hybridized carbons (Fsp3) is 0.900. The normalized spacial score (nSPS) is 18.2. The highest BCUT2D eigenvalue weighted by Gasteiger charge is 2.18. The number of nitrogens with one attached hydrogen (secondary N) is 2. The van der Waals surface area contributed by atoms with E-state index in [4.69, 9.17) is 0 Å². The van der Waals surface area contributed by atoms with Crippen LogP contribution in [-0.4, -0.2) is 29.3 Å². The van der Waals surface area contributed by atoms with E-state index < -0.39 is 5.60 Å². The van der Waals surface area contributed by atoms with Crippen molar-refractivity contribution in [3.05, 3.63) is 0 Å². The zero-order chi connectivity index (χ0) is 10.6. The third-order valence-electron chi connectivity index (χ3n) is 2.37. The summed E-state index contributed by atoms with van der Waals surface area (Å²) in [6.45, 7) is 3.62. The van der Waals surface area contributed by atoms with E-state index in [0.717, 1.165) is 12.8 Å². The van der Waals surface area contributed by atoms with Gasteiger partial charge in [0.2, 0.25) is 0 Å². The second-order valence-corrected chi connectivity index (χ2v) is 4.62. The lowest BCUT2D eigenvalue weighted by Gasteiger charge is -2.19. The van der Waals surface area contributed by atoms with Crippen LogP contribution >= 0.6 is 0 Å². The number of rotatable bonds is 3. The molecule has 0 aliphatic heterocycles. The smallest absolute Gasteiger partial charge is 0.315 e. The maximum absolute atomic E-state index is 11.3. The summed E-state index contributed by atoms with van der Waals surface area (Å²) in [5.41, 5.74) is -0.840. The summed E-state index contributed by atoms with van der Waals surface area (Å²) in [7, 11) is 0. The van der Waals surface area contributed by atoms with E-state index in [1.54, 1.807) is 13.8 Å². The lowest BCUT2D eigenvalue weighted by molar-refractivity contribution is 0.0817. The molecular formula is C10H20N2O2. The molecule has 0 heterocycles. The van der Waals surface area contributed by atoms with Crippen molar-refractivity contribution in [2.75, 3.05) is 6.54 Å². The molecule has 1 aliphatic rings. The molecule has 1 fully saturated rings. The van der Waals surface area contributed by atoms with E-state index in [0.29, 0.717) is 6.04 Å². The monoisotopic (exact) mass is 200 g/mol. The molecule has 82 valence electrons. The van der Waals surface area contributed by atoms with Gasteiger partial charge in [-0.3, -0.25) is 0 Å². The number of carbonyl (C=O) groups excluding carboxylic acids is 1. The molecule has 14 heavy (non-hydrogen) atoms. The summed E-state index contributed by atoms with van der Waals surface area (Å²) in [6.07, 6.45) is 4.57. The van der Waals surface area contributed by atoms with Gasteiger partial charge in [0.1, 0.15) is 0 Å². The summed E-state index contributed by atoms with van der Waals surface area (Å²) in [4.78, 5) is 11.3. The second kappa shape index (κ2) is 4.64. The van der Waals surface area contributed by atoms with Crippen molar-refractivity contribution in [2.24, 2.45) is 0 Å². The predicted molar refractivity (Wildman–Crippen MR) is 55.1 cm³/mol. The van der Waals surface area contributed by atoms with Gasteiger partial charge in [-0.1, -0.05) is 12.8 Å². The van der Waals surface area contributed by atoms with Gasteiger partial charge in [0.25, 0.3) is 0 Å². The lowest BCUT2D eigenvalue weighted by Crippen LogP contribution is -2.46. The molecule has 0 aromatic carbocycles. The van der Waals surface area contributed by atoms with Gasteiger partial charge in [-0.25, -0.2) is 4.79 Å². The summed E-state index contributed by atoms with van der Waals surface area (Å²) in [6, 6.07) is 0.163. The number of amides is 2. The van der Waals surface area contributed by atoms with E-state index in [1.165, 1.54) is 12.8 Å². The van der Waals surface area contributed by atoms with Crippen LogP contribution < -0.4 is 10.6 Å². The maximum atomic E-state index is 11.3. The van der Waals surface area contributed by atoms with Gasteiger partial charge >= 0.3 is 6.03 Å². The van der Waals surface area contributed by atoms with Crippen LogP contribution in [0.4, 0.5) is 4.79 Å². The summed E-state index contributed by atoms with van der Waals surface area (Å²) in [5.74, 6) is 0. The van der Waals surface area contributed by atoms with Crippen molar-refractivity contribution in [1.82, 2.24) is 10.6 Å². The van der Waals surface area contributed by atoms with Gasteiger partial charge in [-0.15, -0.1) is 0 Å². The molecule has 0 bridgehead atoms. The zero-order valence-electron chi connectivity index (χ0n) is 8.97. The molecule has 0 saturated heterocycles. The summed E-state index contributed by atoms with van der Waals surface area (Å²) in [5, 5.41) is 14.9. The molecule has 1 aliphatic carbocycles. The Morgan fingerprint density at radius 3 is 2.50 bits per heavy atom. The molecule has 0 aromatic rings. The Morgan fingerprint density at radius 2 is 2.00 bits per heavy atom. The minimum atomic E-state index is -0.840. The minimum Gasteiger partial charge on any atom is -0.389 e. The third-order valence-corrected chi connectivity index (χ3v) is 2.37. The van der Waals surface area contributed by atoms with E-state index in [1.807, 2.05) is 0 Å². The van der Waals surface area contributed by atoms with Crippen molar-refractivity contribution in [3.8, 4) is 0 Å². The molecule has 1 saturated carbocycles. The summed E-state index contributed by atoms with van der Waals surface area (Å²) < 4.78 is 0. The molecular weight excluding hydrogens is 180 g/mol. The van der Waals surface area contributed by atoms with Crippen LogP contribution in [0.15, 0.2) is 0 Å². The molecule has 1 rings (SSSR count). The molecule has 4 nitrogen and oxygen atoms in total. The molecule has 0 unspecified atom stereocenters. The largest absolute Gasteiger partial charge is 0.389 e. The van der Waals surface area contributed by atoms with Crippen molar-refractivity contribution in [2.45, 2.75) is 51.2 Å². The fourth-order valence-electron chi connectivity index (χ4n) is 1.60. The molecule has 0 radical (unpaired) electrons. The first kappa shape index (κ1) is 11.3. The third kappa shape index (κ3) is 4.46. The Morgan fingerprint density at radius 1 is 1.43 bits per heavy atom. The highest BCUT2D eigenvalue weighted by molar-refractivity contribution is 5.74. The van der Waals surface area contributed by atoms with Crippen LogP contribution in [0.2, 0.25) is 0 Å². The van der Waals surface area contributed by atoms with Crippen LogP contribution in [0.25, 0.3) is 0 Å². The summed E-state index contributed by atoms with van der Waals surface area (Å²) >= 11 is 0. The second-order valence-electron chi connectivity index (χ2n) is 4.62. The standard InChI is InChI=1S/C10H20N2O2/c1-10(2,14)7-11-9(13)12-8-5-3-4-6-8/h8,14H,3-7H2,1-2H3,(H2,11,12,13). The Balaban J connectivity index is 2.15. The Hall–Kier alpha value is -0.770. The van der Waals surface area contributed by atoms with Gasteiger partial charge in [-0.2, -0.15) is 0 Å². The fourth-order valence-corrected chi connectivity index (χ4v) is 1.60. The minimum absolute atomic E-state index is 0.168. The Kier molecular flexibility index (Phi) is 3.75. The quantitative estimate of drug-likeness (QED) is 0.636. The number of urea groups is 1. The van der Waals surface area contributed by atoms with Gasteiger partial charge < -0.3 is 15.7 Å². The van der Waals surface area contributed by atoms with Gasteiger partial charge in [0.05, 0.1) is 5.60 Å². The number of hydrogen-bond acceptors (Lipinski definition) is 2. The van der Waals surface area contributed by atoms with E-state index >= 15 is 0 Å². The molecule has 4 heteroatoms. The van der Waals surface area contributed by atoms with Crippen LogP contribution in [-0.2, 0) is 0 Å². The number of hydrogen-bond donors (Lipinski definition) is 3. The van der Waals surface area contributed by atoms with Crippen LogP contribution in [0.5, 0.6) is 0 Å². The first-order valence-corrected chi connectivity index (χ1v) is 5.24. The first-order valence-electron chi connectivity index (χ1n) is 5.24. The molecule has 2 amide bonds. The predicted octanol–water partition coefficient (Wildman–Crippen LogP) is 0.999. The van der Waals surface area contributed by atoms with Crippen LogP contribution in [0.1, 0.15) is 39.5 Å². The van der Waals surface area contributed by atoms with Gasteiger partial charge in [-0.05, 0) is 26.7 Å². The topological polar surface area (TPSA) is 61.4 Å². The average Bonchev–Trinajstić information content (AvgIpc) is 2.52. The SMILES string of the molecule is CC(C)(O)CNC(=O)NC1CCCC1. The molecule has 0 spiro atoms. The number of aliphatic hydroxyl groups is 1. The maximum Gasteiger partial charge on any atom is 0.315 e. The molecule has 0 atom stereocenters. The van der Waals surface area contributed by atoms with Gasteiger partial charge in [0, 0.05) is 12.6 Å². The van der Waals surface area contributed by atoms with Crippen LogP contribution in [0.3, 0.4) is 0 Å². The van der Waals surface area contributed by atoms with Crippen molar-refractivity contribution in [1.29, 1.82) is 0 Å². The number of carbonyl (C=O) groups is 1. The zero-order valence-corrected chi connectivity index (χ0v) is 8.97. The molecule has 0 aromatic heterocycles. The average molecular weight is 200 g/mol. The van der Waals surface area contributed by atoms with Crippen molar-refractivity contribution in [3.63, 3.8) is 0 Å². The highest BCUT2D eigenvalue weighted by Crippen LogP contribution is 2.17. The van der Waals surface area contributed by atoms with E-state index in [-0.39, 0.29) is 12.6 Å². The van der Waals surface area contributed by atoms with E-state index in [2.05, 4.69) is 10.6 Å². The first-order chi connectivity index (χ1) is 6.47. The van der Waals surface area contributed by atoms with Crippen molar-refractivity contribution < 1.29 is 9.90 Å². The Bertz CT molecular complexity index is 193. The molecule has 3 N–H and O–H groups in total. The Labute approximate surface area is 85.1 Å². The van der Waals surface area contributed by atoms with Crippen molar-refractivity contribution >= 4 is 6.03 Å².